The third kappa shape index (κ3) is 2.07. The first-order valence-electron chi connectivity index (χ1n) is 5.78. The summed E-state index contributed by atoms with van der Waals surface area (Å²) < 4.78 is 0. The molecule has 0 saturated heterocycles. The number of hydrogen-bond donors (Lipinski definition) is 1. The van der Waals surface area contributed by atoms with Crippen molar-refractivity contribution >= 4 is 5.91 Å². The lowest BCUT2D eigenvalue weighted by Crippen LogP contribution is -2.55. The molecular formula is C12H20N2O. The molecule has 1 amide bonds. The third-order valence-electron chi connectivity index (χ3n) is 3.46. The van der Waals surface area contributed by atoms with Crippen molar-refractivity contribution in [3.05, 3.63) is 12.7 Å². The van der Waals surface area contributed by atoms with E-state index in [2.05, 4.69) is 6.58 Å². The van der Waals surface area contributed by atoms with Gasteiger partial charge in [-0.05, 0) is 38.5 Å². The van der Waals surface area contributed by atoms with Gasteiger partial charge in [0.1, 0.15) is 0 Å². The Bertz CT molecular complexity index is 277. The predicted molar refractivity (Wildman–Crippen MR) is 60.2 cm³/mol. The molecule has 1 unspecified atom stereocenters. The summed E-state index contributed by atoms with van der Waals surface area (Å²) in [4.78, 5) is 14.2. The maximum Gasteiger partial charge on any atom is 0.243 e. The van der Waals surface area contributed by atoms with Gasteiger partial charge in [-0.25, -0.2) is 0 Å². The van der Waals surface area contributed by atoms with Gasteiger partial charge >= 0.3 is 0 Å². The van der Waals surface area contributed by atoms with Crippen molar-refractivity contribution in [2.24, 2.45) is 11.7 Å². The molecule has 0 aromatic rings. The largest absolute Gasteiger partial charge is 0.334 e. The van der Waals surface area contributed by atoms with Crippen molar-refractivity contribution in [1.82, 2.24) is 4.90 Å². The molecule has 2 aliphatic rings. The van der Waals surface area contributed by atoms with Gasteiger partial charge in [-0.1, -0.05) is 6.08 Å². The maximum atomic E-state index is 12.3. The van der Waals surface area contributed by atoms with Crippen molar-refractivity contribution in [1.29, 1.82) is 0 Å². The molecule has 2 fully saturated rings. The van der Waals surface area contributed by atoms with Crippen LogP contribution in [-0.4, -0.2) is 28.9 Å². The SMILES string of the molecule is C=CCN(C(=O)C(C)(N)C1CC1)C1CC1. The molecule has 0 aromatic heterocycles. The van der Waals surface area contributed by atoms with Crippen LogP contribution in [0.3, 0.4) is 0 Å². The average molecular weight is 208 g/mol. The molecule has 3 nitrogen and oxygen atoms in total. The minimum Gasteiger partial charge on any atom is -0.334 e. The highest BCUT2D eigenvalue weighted by Crippen LogP contribution is 2.40. The van der Waals surface area contributed by atoms with Gasteiger partial charge in [-0.15, -0.1) is 6.58 Å². The standard InChI is InChI=1S/C12H20N2O/c1-3-8-14(10-6-7-10)11(15)12(2,13)9-4-5-9/h3,9-10H,1,4-8,13H2,2H3. The van der Waals surface area contributed by atoms with Gasteiger partial charge in [-0.3, -0.25) is 4.79 Å². The normalized spacial score (nSPS) is 24.4. The molecule has 2 saturated carbocycles. The first-order chi connectivity index (χ1) is 7.07. The van der Waals surface area contributed by atoms with E-state index in [1.807, 2.05) is 11.8 Å². The van der Waals surface area contributed by atoms with Crippen LogP contribution < -0.4 is 5.73 Å². The van der Waals surface area contributed by atoms with Crippen LogP contribution in [0.15, 0.2) is 12.7 Å². The summed E-state index contributed by atoms with van der Waals surface area (Å²) in [6.07, 6.45) is 6.25. The Labute approximate surface area is 91.3 Å². The van der Waals surface area contributed by atoms with Crippen molar-refractivity contribution in [3.8, 4) is 0 Å². The van der Waals surface area contributed by atoms with Crippen molar-refractivity contribution in [2.75, 3.05) is 6.54 Å². The fourth-order valence-electron chi connectivity index (χ4n) is 2.09. The molecule has 0 radical (unpaired) electrons. The smallest absolute Gasteiger partial charge is 0.243 e. The van der Waals surface area contributed by atoms with E-state index in [1.54, 1.807) is 6.08 Å². The Morgan fingerprint density at radius 3 is 2.53 bits per heavy atom. The van der Waals surface area contributed by atoms with E-state index < -0.39 is 5.54 Å². The second-order valence-corrected chi connectivity index (χ2v) is 5.03. The second-order valence-electron chi connectivity index (χ2n) is 5.03. The quantitative estimate of drug-likeness (QED) is 0.692. The first-order valence-corrected chi connectivity index (χ1v) is 5.78. The molecule has 0 aliphatic heterocycles. The van der Waals surface area contributed by atoms with Crippen LogP contribution in [0.1, 0.15) is 32.6 Å². The Balaban J connectivity index is 2.05. The first kappa shape index (κ1) is 10.7. The van der Waals surface area contributed by atoms with Crippen LogP contribution in [0.4, 0.5) is 0 Å². The summed E-state index contributed by atoms with van der Waals surface area (Å²) >= 11 is 0. The Morgan fingerprint density at radius 1 is 1.53 bits per heavy atom. The highest BCUT2D eigenvalue weighted by molar-refractivity contribution is 5.87. The molecule has 3 heteroatoms. The lowest BCUT2D eigenvalue weighted by Gasteiger charge is -2.31. The molecule has 15 heavy (non-hydrogen) atoms. The van der Waals surface area contributed by atoms with Crippen LogP contribution in [0, 0.1) is 5.92 Å². The van der Waals surface area contributed by atoms with Gasteiger partial charge in [0.05, 0.1) is 5.54 Å². The van der Waals surface area contributed by atoms with Gasteiger partial charge < -0.3 is 10.6 Å². The highest BCUT2D eigenvalue weighted by Gasteiger charge is 2.48. The van der Waals surface area contributed by atoms with Gasteiger partial charge in [0.15, 0.2) is 0 Å². The number of carbonyl (C=O) groups is 1. The number of hydrogen-bond acceptors (Lipinski definition) is 2. The van der Waals surface area contributed by atoms with Crippen molar-refractivity contribution in [2.45, 2.75) is 44.2 Å². The minimum atomic E-state index is -0.647. The fourth-order valence-corrected chi connectivity index (χ4v) is 2.09. The topological polar surface area (TPSA) is 46.3 Å². The number of carbonyl (C=O) groups excluding carboxylic acids is 1. The van der Waals surface area contributed by atoms with E-state index in [-0.39, 0.29) is 5.91 Å². The zero-order valence-electron chi connectivity index (χ0n) is 9.41. The van der Waals surface area contributed by atoms with Gasteiger partial charge in [0, 0.05) is 12.6 Å². The highest BCUT2D eigenvalue weighted by atomic mass is 16.2. The lowest BCUT2D eigenvalue weighted by molar-refractivity contribution is -0.137. The van der Waals surface area contributed by atoms with E-state index in [9.17, 15) is 4.79 Å². The molecule has 0 bridgehead atoms. The lowest BCUT2D eigenvalue weighted by atomic mass is 9.95. The van der Waals surface area contributed by atoms with E-state index in [0.717, 1.165) is 25.7 Å². The molecule has 2 N–H and O–H groups in total. The Kier molecular flexibility index (Phi) is 2.59. The Hall–Kier alpha value is -0.830. The van der Waals surface area contributed by atoms with Crippen LogP contribution in [0.5, 0.6) is 0 Å². The summed E-state index contributed by atoms with van der Waals surface area (Å²) in [6, 6.07) is 0.428. The molecule has 2 rings (SSSR count). The summed E-state index contributed by atoms with van der Waals surface area (Å²) in [5.74, 6) is 0.517. The van der Waals surface area contributed by atoms with Gasteiger partial charge in [-0.2, -0.15) is 0 Å². The van der Waals surface area contributed by atoms with Gasteiger partial charge in [0.25, 0.3) is 0 Å². The zero-order chi connectivity index (χ0) is 11.1. The summed E-state index contributed by atoms with van der Waals surface area (Å²) in [5, 5.41) is 0. The van der Waals surface area contributed by atoms with E-state index in [4.69, 9.17) is 5.73 Å². The van der Waals surface area contributed by atoms with E-state index in [0.29, 0.717) is 18.5 Å². The van der Waals surface area contributed by atoms with Gasteiger partial charge in [0.2, 0.25) is 5.91 Å². The zero-order valence-corrected chi connectivity index (χ0v) is 9.41. The van der Waals surface area contributed by atoms with E-state index >= 15 is 0 Å². The Morgan fingerprint density at radius 2 is 2.13 bits per heavy atom. The fraction of sp³-hybridized carbons (Fsp3) is 0.750. The van der Waals surface area contributed by atoms with E-state index in [1.165, 1.54) is 0 Å². The number of amides is 1. The van der Waals surface area contributed by atoms with Crippen LogP contribution in [-0.2, 0) is 4.79 Å². The molecular weight excluding hydrogens is 188 g/mol. The summed E-state index contributed by atoms with van der Waals surface area (Å²) in [5.41, 5.74) is 5.49. The third-order valence-corrected chi connectivity index (χ3v) is 3.46. The van der Waals surface area contributed by atoms with Crippen molar-refractivity contribution < 1.29 is 4.79 Å². The maximum absolute atomic E-state index is 12.3. The number of nitrogens with zero attached hydrogens (tertiary/aromatic N) is 1. The second kappa shape index (κ2) is 3.63. The monoisotopic (exact) mass is 208 g/mol. The molecule has 0 aromatic carbocycles. The average Bonchev–Trinajstić information content (AvgIpc) is 3.06. The molecule has 0 heterocycles. The summed E-state index contributed by atoms with van der Waals surface area (Å²) in [6.45, 7) is 6.22. The van der Waals surface area contributed by atoms with Crippen LogP contribution in [0.2, 0.25) is 0 Å². The number of nitrogens with two attached hydrogens (primary N) is 1. The number of rotatable bonds is 5. The predicted octanol–water partition coefficient (Wildman–Crippen LogP) is 1.29. The molecule has 84 valence electrons. The molecule has 0 spiro atoms. The summed E-state index contributed by atoms with van der Waals surface area (Å²) in [7, 11) is 0. The molecule has 2 aliphatic carbocycles. The van der Waals surface area contributed by atoms with Crippen LogP contribution in [0.25, 0.3) is 0 Å². The minimum absolute atomic E-state index is 0.118. The van der Waals surface area contributed by atoms with Crippen LogP contribution >= 0.6 is 0 Å². The molecule has 1 atom stereocenters. The van der Waals surface area contributed by atoms with Crippen molar-refractivity contribution in [3.63, 3.8) is 0 Å².